The monoisotopic (exact) mass is 406 g/mol. The zero-order chi connectivity index (χ0) is 20.5. The van der Waals surface area contributed by atoms with Gasteiger partial charge in [0.2, 0.25) is 0 Å². The molecule has 0 aromatic heterocycles. The molecule has 0 bridgehead atoms. The number of amides is 2. The van der Waals surface area contributed by atoms with Gasteiger partial charge in [0.1, 0.15) is 5.75 Å². The molecule has 0 unspecified atom stereocenters. The Bertz CT molecular complexity index is 959. The van der Waals surface area contributed by atoms with Gasteiger partial charge in [-0.15, -0.1) is 11.8 Å². The summed E-state index contributed by atoms with van der Waals surface area (Å²) in [5.41, 5.74) is 2.22. The summed E-state index contributed by atoms with van der Waals surface area (Å²) in [6.45, 7) is 0.307. The van der Waals surface area contributed by atoms with E-state index in [0.29, 0.717) is 23.5 Å². The average molecular weight is 407 g/mol. The summed E-state index contributed by atoms with van der Waals surface area (Å²) >= 11 is 1.64. The quantitative estimate of drug-likeness (QED) is 0.546. The Morgan fingerprint density at radius 2 is 1.69 bits per heavy atom. The van der Waals surface area contributed by atoms with Crippen molar-refractivity contribution < 1.29 is 14.3 Å². The van der Waals surface area contributed by atoms with Crippen LogP contribution in [-0.4, -0.2) is 24.7 Å². The SMILES string of the molecule is CSc1ccc(NC(=O)COc2cccc(C(=O)NCc3ccccc3)c2)cc1. The third-order valence-electron chi connectivity index (χ3n) is 4.14. The Kier molecular flexibility index (Phi) is 7.30. The first-order valence-electron chi connectivity index (χ1n) is 9.13. The number of carbonyl (C=O) groups excluding carboxylic acids is 2. The Morgan fingerprint density at radius 3 is 2.41 bits per heavy atom. The lowest BCUT2D eigenvalue weighted by atomic mass is 10.2. The molecule has 0 aliphatic rings. The molecule has 0 fully saturated rings. The van der Waals surface area contributed by atoms with Crippen LogP contribution in [0.15, 0.2) is 83.8 Å². The van der Waals surface area contributed by atoms with Crippen LogP contribution in [0.2, 0.25) is 0 Å². The first kappa shape index (κ1) is 20.5. The number of carbonyl (C=O) groups is 2. The zero-order valence-corrected chi connectivity index (χ0v) is 16.9. The van der Waals surface area contributed by atoms with Gasteiger partial charge in [0, 0.05) is 22.7 Å². The number of anilines is 1. The number of nitrogens with one attached hydrogen (secondary N) is 2. The van der Waals surface area contributed by atoms with Crippen LogP contribution in [0.5, 0.6) is 5.75 Å². The predicted molar refractivity (Wildman–Crippen MR) is 116 cm³/mol. The van der Waals surface area contributed by atoms with Crippen LogP contribution in [-0.2, 0) is 11.3 Å². The van der Waals surface area contributed by atoms with Crippen molar-refractivity contribution >= 4 is 29.3 Å². The van der Waals surface area contributed by atoms with Gasteiger partial charge in [0.05, 0.1) is 0 Å². The van der Waals surface area contributed by atoms with Gasteiger partial charge in [-0.1, -0.05) is 36.4 Å². The fraction of sp³-hybridized carbons (Fsp3) is 0.130. The molecule has 0 heterocycles. The summed E-state index contributed by atoms with van der Waals surface area (Å²) in [4.78, 5) is 25.6. The fourth-order valence-electron chi connectivity index (χ4n) is 2.63. The molecule has 148 valence electrons. The van der Waals surface area contributed by atoms with Crippen molar-refractivity contribution in [2.45, 2.75) is 11.4 Å². The van der Waals surface area contributed by atoms with Crippen LogP contribution < -0.4 is 15.4 Å². The normalized spacial score (nSPS) is 10.2. The second kappa shape index (κ2) is 10.3. The zero-order valence-electron chi connectivity index (χ0n) is 16.1. The van der Waals surface area contributed by atoms with Gasteiger partial charge in [-0.3, -0.25) is 9.59 Å². The topological polar surface area (TPSA) is 67.4 Å². The van der Waals surface area contributed by atoms with Crippen LogP contribution in [0.1, 0.15) is 15.9 Å². The van der Waals surface area contributed by atoms with Crippen LogP contribution in [0.4, 0.5) is 5.69 Å². The molecule has 6 heteroatoms. The van der Waals surface area contributed by atoms with Crippen molar-refractivity contribution in [3.05, 3.63) is 90.0 Å². The summed E-state index contributed by atoms with van der Waals surface area (Å²) in [5.74, 6) is 0.00344. The predicted octanol–water partition coefficient (Wildman–Crippen LogP) is 4.36. The molecule has 0 atom stereocenters. The molecular weight excluding hydrogens is 384 g/mol. The maximum absolute atomic E-state index is 12.4. The number of rotatable bonds is 8. The highest BCUT2D eigenvalue weighted by atomic mass is 32.2. The lowest BCUT2D eigenvalue weighted by Gasteiger charge is -2.10. The van der Waals surface area contributed by atoms with Crippen molar-refractivity contribution in [3.8, 4) is 5.75 Å². The molecule has 3 aromatic rings. The minimum Gasteiger partial charge on any atom is -0.484 e. The van der Waals surface area contributed by atoms with Crippen molar-refractivity contribution in [3.63, 3.8) is 0 Å². The maximum Gasteiger partial charge on any atom is 0.262 e. The maximum atomic E-state index is 12.4. The van der Waals surface area contributed by atoms with E-state index < -0.39 is 0 Å². The van der Waals surface area contributed by atoms with E-state index in [1.807, 2.05) is 60.9 Å². The van der Waals surface area contributed by atoms with E-state index >= 15 is 0 Å². The standard InChI is InChI=1S/C23H22N2O3S/c1-29-21-12-10-19(11-13-21)25-22(26)16-28-20-9-5-8-18(14-20)23(27)24-15-17-6-3-2-4-7-17/h2-14H,15-16H2,1H3,(H,24,27)(H,25,26). The molecule has 0 saturated carbocycles. The van der Waals surface area contributed by atoms with E-state index in [-0.39, 0.29) is 18.4 Å². The summed E-state index contributed by atoms with van der Waals surface area (Å²) < 4.78 is 5.54. The lowest BCUT2D eigenvalue weighted by molar-refractivity contribution is -0.118. The third kappa shape index (κ3) is 6.40. The number of hydrogen-bond donors (Lipinski definition) is 2. The van der Waals surface area contributed by atoms with Crippen LogP contribution in [0.25, 0.3) is 0 Å². The van der Waals surface area contributed by atoms with Gasteiger partial charge in [0.15, 0.2) is 6.61 Å². The van der Waals surface area contributed by atoms with Crippen LogP contribution in [0.3, 0.4) is 0 Å². The highest BCUT2D eigenvalue weighted by molar-refractivity contribution is 7.98. The summed E-state index contributed by atoms with van der Waals surface area (Å²) in [5, 5.41) is 5.66. The molecule has 3 aromatic carbocycles. The fourth-order valence-corrected chi connectivity index (χ4v) is 3.04. The largest absolute Gasteiger partial charge is 0.484 e. The second-order valence-corrected chi connectivity index (χ2v) is 7.14. The molecule has 0 aliphatic heterocycles. The molecule has 3 rings (SSSR count). The Labute approximate surface area is 174 Å². The van der Waals surface area contributed by atoms with Crippen molar-refractivity contribution in [1.82, 2.24) is 5.32 Å². The third-order valence-corrected chi connectivity index (χ3v) is 4.88. The molecule has 5 nitrogen and oxygen atoms in total. The highest BCUT2D eigenvalue weighted by Crippen LogP contribution is 2.18. The van der Waals surface area contributed by atoms with Gasteiger partial charge in [-0.25, -0.2) is 0 Å². The first-order chi connectivity index (χ1) is 14.1. The van der Waals surface area contributed by atoms with E-state index in [1.54, 1.807) is 36.0 Å². The number of ether oxygens (including phenoxy) is 1. The smallest absolute Gasteiger partial charge is 0.262 e. The Morgan fingerprint density at radius 1 is 0.931 bits per heavy atom. The van der Waals surface area contributed by atoms with Gasteiger partial charge >= 0.3 is 0 Å². The van der Waals surface area contributed by atoms with Crippen LogP contribution in [0, 0.1) is 0 Å². The first-order valence-corrected chi connectivity index (χ1v) is 10.4. The molecule has 0 spiro atoms. The molecule has 2 amide bonds. The van der Waals surface area contributed by atoms with Gasteiger partial charge < -0.3 is 15.4 Å². The Hall–Kier alpha value is -3.25. The van der Waals surface area contributed by atoms with E-state index in [9.17, 15) is 9.59 Å². The van der Waals surface area contributed by atoms with Crippen molar-refractivity contribution in [2.75, 3.05) is 18.2 Å². The van der Waals surface area contributed by atoms with Gasteiger partial charge in [0.25, 0.3) is 11.8 Å². The minimum atomic E-state index is -0.263. The van der Waals surface area contributed by atoms with E-state index in [1.165, 1.54) is 0 Å². The Balaban J connectivity index is 1.50. The number of thioether (sulfide) groups is 1. The second-order valence-electron chi connectivity index (χ2n) is 6.26. The van der Waals surface area contributed by atoms with Crippen molar-refractivity contribution in [1.29, 1.82) is 0 Å². The molecule has 29 heavy (non-hydrogen) atoms. The molecule has 0 radical (unpaired) electrons. The molecule has 0 saturated heterocycles. The van der Waals surface area contributed by atoms with Gasteiger partial charge in [-0.2, -0.15) is 0 Å². The molecule has 2 N–H and O–H groups in total. The number of benzene rings is 3. The minimum absolute atomic E-state index is 0.140. The molecule has 0 aliphatic carbocycles. The van der Waals surface area contributed by atoms with E-state index in [4.69, 9.17) is 4.74 Å². The van der Waals surface area contributed by atoms with E-state index in [2.05, 4.69) is 10.6 Å². The van der Waals surface area contributed by atoms with Crippen molar-refractivity contribution in [2.24, 2.45) is 0 Å². The summed E-state index contributed by atoms with van der Waals surface area (Å²) in [6, 6.07) is 24.1. The van der Waals surface area contributed by atoms with Gasteiger partial charge in [-0.05, 0) is 54.3 Å². The number of hydrogen-bond acceptors (Lipinski definition) is 4. The summed E-state index contributed by atoms with van der Waals surface area (Å²) in [6.07, 6.45) is 2.00. The molecular formula is C23H22N2O3S. The average Bonchev–Trinajstić information content (AvgIpc) is 2.77. The lowest BCUT2D eigenvalue weighted by Crippen LogP contribution is -2.23. The highest BCUT2D eigenvalue weighted by Gasteiger charge is 2.08. The van der Waals surface area contributed by atoms with Crippen LogP contribution >= 0.6 is 11.8 Å². The summed E-state index contributed by atoms with van der Waals surface area (Å²) in [7, 11) is 0. The van der Waals surface area contributed by atoms with E-state index in [0.717, 1.165) is 10.5 Å².